The van der Waals surface area contributed by atoms with E-state index in [1.165, 1.54) is 18.9 Å². The number of nitrogens with one attached hydrogen (secondary N) is 1. The lowest BCUT2D eigenvalue weighted by Gasteiger charge is -2.33. The summed E-state index contributed by atoms with van der Waals surface area (Å²) in [5.41, 5.74) is -0.636. The van der Waals surface area contributed by atoms with E-state index in [1.54, 1.807) is 20.8 Å². The summed E-state index contributed by atoms with van der Waals surface area (Å²) in [6.45, 7) is 14.2. The van der Waals surface area contributed by atoms with Crippen molar-refractivity contribution < 1.29 is 19.1 Å². The zero-order valence-electron chi connectivity index (χ0n) is 15.9. The Balaban J connectivity index is 5.21. The number of carbonyl (C=O) groups excluding carboxylic acids is 3. The number of likely N-dealkylation sites (N-methyl/N-ethyl adjacent to an activating group) is 1. The summed E-state index contributed by atoms with van der Waals surface area (Å²) >= 11 is 0. The Bertz CT molecular complexity index is 438. The van der Waals surface area contributed by atoms with Crippen LogP contribution in [-0.4, -0.2) is 47.4 Å². The van der Waals surface area contributed by atoms with E-state index < -0.39 is 23.8 Å². The Morgan fingerprint density at radius 2 is 1.48 bits per heavy atom. The van der Waals surface area contributed by atoms with E-state index >= 15 is 0 Å². The van der Waals surface area contributed by atoms with Gasteiger partial charge in [-0.3, -0.25) is 14.5 Å². The summed E-state index contributed by atoms with van der Waals surface area (Å²) in [7, 11) is 1.54. The molecular formula is C17H32N2O4. The minimum Gasteiger partial charge on any atom is -0.444 e. The molecule has 2 amide bonds. The van der Waals surface area contributed by atoms with Crippen LogP contribution < -0.4 is 5.32 Å². The van der Waals surface area contributed by atoms with Crippen LogP contribution in [0.15, 0.2) is 0 Å². The molecule has 0 fully saturated rings. The molecule has 0 saturated carbocycles. The number of ketones is 1. The first-order chi connectivity index (χ1) is 10.3. The van der Waals surface area contributed by atoms with Crippen molar-refractivity contribution in [1.29, 1.82) is 0 Å². The summed E-state index contributed by atoms with van der Waals surface area (Å²) in [4.78, 5) is 37.8. The maximum Gasteiger partial charge on any atom is 0.410 e. The second kappa shape index (κ2) is 8.31. The van der Waals surface area contributed by atoms with Gasteiger partial charge < -0.3 is 10.1 Å². The van der Waals surface area contributed by atoms with E-state index in [2.05, 4.69) is 5.32 Å². The predicted octanol–water partition coefficient (Wildman–Crippen LogP) is 2.61. The highest BCUT2D eigenvalue weighted by molar-refractivity contribution is 5.91. The normalized spacial score (nSPS) is 14.4. The summed E-state index contributed by atoms with van der Waals surface area (Å²) in [5.74, 6) is -0.582. The van der Waals surface area contributed by atoms with Crippen molar-refractivity contribution in [1.82, 2.24) is 10.2 Å². The van der Waals surface area contributed by atoms with Crippen molar-refractivity contribution in [2.75, 3.05) is 7.05 Å². The van der Waals surface area contributed by atoms with E-state index in [0.717, 1.165) is 0 Å². The second-order valence-electron chi connectivity index (χ2n) is 7.62. The van der Waals surface area contributed by atoms with Gasteiger partial charge in [0.15, 0.2) is 5.78 Å². The van der Waals surface area contributed by atoms with E-state index in [-0.39, 0.29) is 23.5 Å². The van der Waals surface area contributed by atoms with E-state index in [4.69, 9.17) is 4.74 Å². The molecular weight excluding hydrogens is 296 g/mol. The van der Waals surface area contributed by atoms with Crippen LogP contribution in [0.4, 0.5) is 4.79 Å². The third-order valence-corrected chi connectivity index (χ3v) is 3.40. The van der Waals surface area contributed by atoms with Gasteiger partial charge in [0.2, 0.25) is 5.91 Å². The molecule has 1 unspecified atom stereocenters. The molecule has 0 heterocycles. The summed E-state index contributed by atoms with van der Waals surface area (Å²) < 4.78 is 5.32. The van der Waals surface area contributed by atoms with Crippen molar-refractivity contribution in [3.8, 4) is 0 Å². The predicted molar refractivity (Wildman–Crippen MR) is 90.1 cm³/mol. The fraction of sp³-hybridized carbons (Fsp3) is 0.824. The second-order valence-corrected chi connectivity index (χ2v) is 7.62. The van der Waals surface area contributed by atoms with Crippen molar-refractivity contribution in [2.45, 2.75) is 73.1 Å². The molecule has 2 atom stereocenters. The molecule has 0 aliphatic rings. The van der Waals surface area contributed by atoms with Gasteiger partial charge in [0.25, 0.3) is 0 Å². The fourth-order valence-electron chi connectivity index (χ4n) is 2.35. The molecule has 23 heavy (non-hydrogen) atoms. The number of hydrogen-bond acceptors (Lipinski definition) is 4. The third kappa shape index (κ3) is 7.01. The van der Waals surface area contributed by atoms with Crippen LogP contribution >= 0.6 is 0 Å². The van der Waals surface area contributed by atoms with Gasteiger partial charge in [0.05, 0.1) is 6.04 Å². The van der Waals surface area contributed by atoms with Crippen molar-refractivity contribution in [3.05, 3.63) is 0 Å². The zero-order chi connectivity index (χ0) is 18.5. The van der Waals surface area contributed by atoms with Crippen LogP contribution in [0.3, 0.4) is 0 Å². The highest BCUT2D eigenvalue weighted by Gasteiger charge is 2.34. The molecule has 0 bridgehead atoms. The molecule has 6 nitrogen and oxygen atoms in total. The van der Waals surface area contributed by atoms with Gasteiger partial charge >= 0.3 is 6.09 Å². The van der Waals surface area contributed by atoms with Gasteiger partial charge in [0.1, 0.15) is 11.6 Å². The lowest BCUT2D eigenvalue weighted by Crippen LogP contribution is -2.55. The van der Waals surface area contributed by atoms with Gasteiger partial charge in [-0.1, -0.05) is 27.7 Å². The molecule has 1 N–H and O–H groups in total. The molecule has 0 spiro atoms. The van der Waals surface area contributed by atoms with Crippen molar-refractivity contribution in [3.63, 3.8) is 0 Å². The van der Waals surface area contributed by atoms with Crippen LogP contribution in [-0.2, 0) is 14.3 Å². The standard InChI is InChI=1S/C17H32N2O4/c1-10(2)13(12(5)20)18-15(21)14(11(3)4)19(9)16(22)23-17(6,7)8/h10-11,13-14H,1-9H3,(H,18,21)/t13-,14?/m0/s1. The summed E-state index contributed by atoms with van der Waals surface area (Å²) in [6, 6.07) is -1.26. The SMILES string of the molecule is CC(=O)[C@@H](NC(=O)C(C(C)C)N(C)C(=O)OC(C)(C)C)C(C)C. The quantitative estimate of drug-likeness (QED) is 0.813. The fourth-order valence-corrected chi connectivity index (χ4v) is 2.35. The number of ether oxygens (including phenoxy) is 1. The summed E-state index contributed by atoms with van der Waals surface area (Å²) in [6.07, 6.45) is -0.560. The lowest BCUT2D eigenvalue weighted by atomic mass is 9.97. The Morgan fingerprint density at radius 3 is 1.78 bits per heavy atom. The first-order valence-electron chi connectivity index (χ1n) is 8.04. The van der Waals surface area contributed by atoms with E-state index in [9.17, 15) is 14.4 Å². The zero-order valence-corrected chi connectivity index (χ0v) is 15.9. The van der Waals surface area contributed by atoms with Crippen LogP contribution in [0.25, 0.3) is 0 Å². The summed E-state index contributed by atoms with van der Waals surface area (Å²) in [5, 5.41) is 2.76. The number of rotatable bonds is 6. The number of carbonyl (C=O) groups is 3. The molecule has 0 rings (SSSR count). The molecule has 0 aromatic heterocycles. The highest BCUT2D eigenvalue weighted by Crippen LogP contribution is 2.16. The lowest BCUT2D eigenvalue weighted by molar-refractivity contribution is -0.132. The molecule has 0 radical (unpaired) electrons. The Kier molecular flexibility index (Phi) is 7.74. The van der Waals surface area contributed by atoms with Crippen LogP contribution in [0.5, 0.6) is 0 Å². The number of Topliss-reactive ketones (excluding diaryl/α,β-unsaturated/α-hetero) is 1. The minimum absolute atomic E-state index is 0.0175. The monoisotopic (exact) mass is 328 g/mol. The molecule has 0 aliphatic carbocycles. The Hall–Kier alpha value is -1.59. The molecule has 0 saturated heterocycles. The van der Waals surface area contributed by atoms with Crippen LogP contribution in [0, 0.1) is 11.8 Å². The topological polar surface area (TPSA) is 75.7 Å². The first kappa shape index (κ1) is 21.4. The molecule has 0 aromatic rings. The van der Waals surface area contributed by atoms with E-state index in [0.29, 0.717) is 0 Å². The molecule has 0 aliphatic heterocycles. The van der Waals surface area contributed by atoms with Crippen molar-refractivity contribution >= 4 is 17.8 Å². The average molecular weight is 328 g/mol. The third-order valence-electron chi connectivity index (χ3n) is 3.40. The maximum atomic E-state index is 12.6. The van der Waals surface area contributed by atoms with Crippen molar-refractivity contribution in [2.24, 2.45) is 11.8 Å². The number of nitrogens with zero attached hydrogens (tertiary/aromatic N) is 1. The number of amides is 2. The largest absolute Gasteiger partial charge is 0.444 e. The molecule has 6 heteroatoms. The van der Waals surface area contributed by atoms with Crippen LogP contribution in [0.1, 0.15) is 55.4 Å². The van der Waals surface area contributed by atoms with Gasteiger partial charge in [-0.25, -0.2) is 4.79 Å². The minimum atomic E-state index is -0.703. The smallest absolute Gasteiger partial charge is 0.410 e. The van der Waals surface area contributed by atoms with Gasteiger partial charge in [-0.15, -0.1) is 0 Å². The molecule has 134 valence electrons. The van der Waals surface area contributed by atoms with Gasteiger partial charge in [-0.2, -0.15) is 0 Å². The van der Waals surface area contributed by atoms with E-state index in [1.807, 2.05) is 27.7 Å². The Labute approximate surface area is 139 Å². The Morgan fingerprint density at radius 1 is 1.00 bits per heavy atom. The van der Waals surface area contributed by atoms with Crippen LogP contribution in [0.2, 0.25) is 0 Å². The highest BCUT2D eigenvalue weighted by atomic mass is 16.6. The molecule has 0 aromatic carbocycles. The number of hydrogen-bond donors (Lipinski definition) is 1. The average Bonchev–Trinajstić information content (AvgIpc) is 2.32. The first-order valence-corrected chi connectivity index (χ1v) is 8.04. The maximum absolute atomic E-state index is 12.6. The van der Waals surface area contributed by atoms with Gasteiger partial charge in [0, 0.05) is 7.05 Å². The van der Waals surface area contributed by atoms with Gasteiger partial charge in [-0.05, 0) is 39.5 Å².